The molecule has 0 saturated heterocycles. The lowest BCUT2D eigenvalue weighted by molar-refractivity contribution is 0.00392. The van der Waals surface area contributed by atoms with Crippen LogP contribution in [0, 0.1) is 0 Å². The summed E-state index contributed by atoms with van der Waals surface area (Å²) in [5.74, 6) is 0.541. The molecule has 1 aliphatic rings. The number of aromatic nitrogens is 4. The van der Waals surface area contributed by atoms with Crippen LogP contribution in [0.4, 0.5) is 4.79 Å². The first kappa shape index (κ1) is 14.8. The summed E-state index contributed by atoms with van der Waals surface area (Å²) < 4.78 is 8.23. The molecule has 1 N–H and O–H groups in total. The molecule has 2 aromatic heterocycles. The van der Waals surface area contributed by atoms with Gasteiger partial charge in [0.25, 0.3) is 0 Å². The minimum Gasteiger partial charge on any atom is -0.450 e. The first-order chi connectivity index (χ1) is 10.5. The molecule has 0 unspecified atom stereocenters. The van der Waals surface area contributed by atoms with Gasteiger partial charge in [0.1, 0.15) is 5.82 Å². The predicted octanol–water partition coefficient (Wildman–Crippen LogP) is 1.78. The van der Waals surface area contributed by atoms with Gasteiger partial charge < -0.3 is 9.84 Å². The molecule has 1 aliphatic heterocycles. The Kier molecular flexibility index (Phi) is 3.97. The summed E-state index contributed by atoms with van der Waals surface area (Å²) >= 11 is 3.30. The number of hydrogen-bond acceptors (Lipinski definition) is 5. The van der Waals surface area contributed by atoms with Crippen molar-refractivity contribution in [1.29, 1.82) is 0 Å². The minimum atomic E-state index is -1.40. The number of carboxylic acid groups (broad SMARTS) is 1. The average Bonchev–Trinajstić information content (AvgIpc) is 2.78. The zero-order chi connectivity index (χ0) is 15.7. The van der Waals surface area contributed by atoms with Crippen LogP contribution in [0.1, 0.15) is 30.6 Å². The van der Waals surface area contributed by atoms with Gasteiger partial charge in [-0.25, -0.2) is 18.8 Å². The number of aryl methyl sites for hydroxylation is 1. The van der Waals surface area contributed by atoms with E-state index in [-0.39, 0.29) is 12.2 Å². The number of ether oxygens (including phenoxy) is 1. The minimum absolute atomic E-state index is 0.228. The summed E-state index contributed by atoms with van der Waals surface area (Å²) in [4.78, 5) is 27.4. The molecule has 0 spiro atoms. The summed E-state index contributed by atoms with van der Waals surface area (Å²) in [6, 6.07) is 3.62. The van der Waals surface area contributed by atoms with Crippen molar-refractivity contribution in [2.45, 2.75) is 32.0 Å². The monoisotopic (exact) mass is 368 g/mol. The van der Waals surface area contributed by atoms with Gasteiger partial charge in [-0.3, -0.25) is 4.98 Å². The van der Waals surface area contributed by atoms with Crippen LogP contribution in [0.15, 0.2) is 27.6 Å². The third-order valence-electron chi connectivity index (χ3n) is 3.42. The number of halogens is 1. The van der Waals surface area contributed by atoms with Gasteiger partial charge >= 0.3 is 11.8 Å². The van der Waals surface area contributed by atoms with Gasteiger partial charge in [-0.05, 0) is 34.5 Å². The second kappa shape index (κ2) is 5.91. The number of carbonyl (C=O) groups is 1. The second-order valence-electron chi connectivity index (χ2n) is 4.92. The summed E-state index contributed by atoms with van der Waals surface area (Å²) in [6.45, 7) is 0.228. The molecular weight excluding hydrogens is 356 g/mol. The van der Waals surface area contributed by atoms with Crippen molar-refractivity contribution in [3.05, 3.63) is 44.8 Å². The normalized spacial score (nSPS) is 17.0. The van der Waals surface area contributed by atoms with E-state index in [1.54, 1.807) is 12.3 Å². The number of fused-ring (bicyclic) bond motifs is 1. The highest BCUT2D eigenvalue weighted by Crippen LogP contribution is 2.23. The number of pyridine rings is 1. The van der Waals surface area contributed by atoms with Crippen LogP contribution < -0.4 is 5.69 Å². The van der Waals surface area contributed by atoms with E-state index in [9.17, 15) is 9.59 Å². The Morgan fingerprint density at radius 3 is 3.00 bits per heavy atom. The van der Waals surface area contributed by atoms with E-state index in [1.807, 2.05) is 6.07 Å². The molecule has 0 radical (unpaired) electrons. The lowest BCUT2D eigenvalue weighted by Crippen LogP contribution is -2.33. The summed E-state index contributed by atoms with van der Waals surface area (Å²) in [5, 5.41) is 13.0. The lowest BCUT2D eigenvalue weighted by atomic mass is 10.1. The molecule has 0 fully saturated rings. The van der Waals surface area contributed by atoms with Gasteiger partial charge in [0.2, 0.25) is 0 Å². The molecule has 0 aliphatic carbocycles. The smallest absolute Gasteiger partial charge is 0.450 e. The van der Waals surface area contributed by atoms with Gasteiger partial charge in [-0.15, -0.1) is 0 Å². The molecule has 0 bridgehead atoms. The molecular formula is C13H13BrN4O4. The molecule has 1 atom stereocenters. The van der Waals surface area contributed by atoms with E-state index >= 15 is 0 Å². The van der Waals surface area contributed by atoms with Crippen LogP contribution in [0.5, 0.6) is 0 Å². The van der Waals surface area contributed by atoms with Crippen LogP contribution >= 0.6 is 15.9 Å². The zero-order valence-electron chi connectivity index (χ0n) is 11.5. The highest BCUT2D eigenvalue weighted by atomic mass is 79.9. The standard InChI is InChI=1S/C13H13BrN4O4/c14-8-4-5-9(15-6-8)7-17-12(19)18-10(16-17)2-1-3-11(18)22-13(20)21/h4-6,11H,1-3,7H2,(H,20,21)/t11-/m0/s1. The first-order valence-electron chi connectivity index (χ1n) is 6.73. The SMILES string of the molecule is O=C(O)O[C@H]1CCCc2nn(Cc3ccc(Br)cn3)c(=O)n21. The van der Waals surface area contributed by atoms with E-state index in [0.717, 1.165) is 10.9 Å². The Balaban J connectivity index is 1.91. The Labute approximate surface area is 133 Å². The molecule has 22 heavy (non-hydrogen) atoms. The van der Waals surface area contributed by atoms with Gasteiger partial charge in [0, 0.05) is 23.5 Å². The van der Waals surface area contributed by atoms with Crippen LogP contribution in [0.3, 0.4) is 0 Å². The largest absolute Gasteiger partial charge is 0.507 e. The van der Waals surface area contributed by atoms with Gasteiger partial charge in [0.05, 0.1) is 12.2 Å². The second-order valence-corrected chi connectivity index (χ2v) is 5.84. The third-order valence-corrected chi connectivity index (χ3v) is 3.89. The molecule has 0 amide bonds. The maximum absolute atomic E-state index is 12.4. The zero-order valence-corrected chi connectivity index (χ0v) is 13.1. The van der Waals surface area contributed by atoms with E-state index < -0.39 is 12.4 Å². The fourth-order valence-electron chi connectivity index (χ4n) is 2.47. The van der Waals surface area contributed by atoms with Crippen molar-refractivity contribution in [2.24, 2.45) is 0 Å². The quantitative estimate of drug-likeness (QED) is 0.828. The molecule has 8 nitrogen and oxygen atoms in total. The number of rotatable bonds is 3. The molecule has 0 aromatic carbocycles. The van der Waals surface area contributed by atoms with Crippen molar-refractivity contribution in [1.82, 2.24) is 19.3 Å². The highest BCUT2D eigenvalue weighted by molar-refractivity contribution is 9.10. The maximum atomic E-state index is 12.4. The fraction of sp³-hybridized carbons (Fsp3) is 0.385. The Morgan fingerprint density at radius 2 is 2.32 bits per heavy atom. The van der Waals surface area contributed by atoms with Crippen molar-refractivity contribution < 1.29 is 14.6 Å². The van der Waals surface area contributed by atoms with E-state index in [2.05, 4.69) is 26.0 Å². The predicted molar refractivity (Wildman–Crippen MR) is 78.6 cm³/mol. The van der Waals surface area contributed by atoms with Crippen LogP contribution in [0.2, 0.25) is 0 Å². The van der Waals surface area contributed by atoms with E-state index in [4.69, 9.17) is 9.84 Å². The topological polar surface area (TPSA) is 99.2 Å². The molecule has 0 saturated carbocycles. The molecule has 116 valence electrons. The van der Waals surface area contributed by atoms with Crippen molar-refractivity contribution >= 4 is 22.1 Å². The van der Waals surface area contributed by atoms with Crippen LogP contribution in [0.25, 0.3) is 0 Å². The Bertz CT molecular complexity index is 752. The lowest BCUT2D eigenvalue weighted by Gasteiger charge is -2.21. The number of hydrogen-bond donors (Lipinski definition) is 1. The summed E-state index contributed by atoms with van der Waals surface area (Å²) in [7, 11) is 0. The van der Waals surface area contributed by atoms with E-state index in [1.165, 1.54) is 9.25 Å². The Hall–Kier alpha value is -2.16. The average molecular weight is 369 g/mol. The summed E-state index contributed by atoms with van der Waals surface area (Å²) in [6.07, 6.45) is 1.27. The highest BCUT2D eigenvalue weighted by Gasteiger charge is 2.28. The van der Waals surface area contributed by atoms with Crippen LogP contribution in [-0.2, 0) is 17.7 Å². The van der Waals surface area contributed by atoms with E-state index in [0.29, 0.717) is 24.4 Å². The van der Waals surface area contributed by atoms with Crippen molar-refractivity contribution in [2.75, 3.05) is 0 Å². The van der Waals surface area contributed by atoms with Crippen molar-refractivity contribution in [3.8, 4) is 0 Å². The Morgan fingerprint density at radius 1 is 1.50 bits per heavy atom. The van der Waals surface area contributed by atoms with Gasteiger partial charge in [0.15, 0.2) is 6.23 Å². The summed E-state index contributed by atoms with van der Waals surface area (Å²) in [5.41, 5.74) is 0.308. The first-order valence-corrected chi connectivity index (χ1v) is 7.52. The molecule has 9 heteroatoms. The van der Waals surface area contributed by atoms with Gasteiger partial charge in [-0.1, -0.05) is 0 Å². The van der Waals surface area contributed by atoms with Crippen molar-refractivity contribution in [3.63, 3.8) is 0 Å². The molecule has 3 rings (SSSR count). The maximum Gasteiger partial charge on any atom is 0.507 e. The fourth-order valence-corrected chi connectivity index (χ4v) is 2.71. The molecule has 3 heterocycles. The number of nitrogens with zero attached hydrogens (tertiary/aromatic N) is 4. The molecule has 2 aromatic rings. The van der Waals surface area contributed by atoms with Gasteiger partial charge in [-0.2, -0.15) is 5.10 Å². The third kappa shape index (κ3) is 2.89. The van der Waals surface area contributed by atoms with Crippen LogP contribution in [-0.4, -0.2) is 30.6 Å².